The Morgan fingerprint density at radius 1 is 1.00 bits per heavy atom. The molecule has 0 saturated carbocycles. The molecule has 2 heterocycles. The van der Waals surface area contributed by atoms with Gasteiger partial charge in [0.25, 0.3) is 0 Å². The third kappa shape index (κ3) is 2.15. The second kappa shape index (κ2) is 4.68. The van der Waals surface area contributed by atoms with E-state index in [0.717, 1.165) is 21.1 Å². The van der Waals surface area contributed by atoms with Crippen molar-refractivity contribution >= 4 is 37.6 Å². The van der Waals surface area contributed by atoms with Crippen LogP contribution in [-0.4, -0.2) is 15.0 Å². The van der Waals surface area contributed by atoms with E-state index < -0.39 is 0 Å². The van der Waals surface area contributed by atoms with Crippen molar-refractivity contribution in [2.75, 3.05) is 5.73 Å². The topological polar surface area (TPSA) is 73.9 Å². The average molecular weight is 294 g/mol. The summed E-state index contributed by atoms with van der Waals surface area (Å²) in [5, 5.41) is 1.43. The largest absolute Gasteiger partial charge is 0.438 e. The van der Waals surface area contributed by atoms with Gasteiger partial charge in [0.1, 0.15) is 12.1 Å². The number of aromatic nitrogens is 3. The molecule has 102 valence electrons. The van der Waals surface area contributed by atoms with E-state index in [1.54, 1.807) is 0 Å². The normalized spacial score (nSPS) is 11.0. The predicted molar refractivity (Wildman–Crippen MR) is 83.6 cm³/mol. The number of anilines is 1. The first-order valence-electron chi connectivity index (χ1n) is 6.33. The van der Waals surface area contributed by atoms with Gasteiger partial charge in [0.2, 0.25) is 5.88 Å². The predicted octanol–water partition coefficient (Wildman–Crippen LogP) is 3.61. The fourth-order valence-corrected chi connectivity index (χ4v) is 2.92. The minimum Gasteiger partial charge on any atom is -0.438 e. The second-order valence-electron chi connectivity index (χ2n) is 4.48. The Balaban J connectivity index is 1.78. The second-order valence-corrected chi connectivity index (χ2v) is 5.54. The van der Waals surface area contributed by atoms with E-state index in [1.165, 1.54) is 17.7 Å². The van der Waals surface area contributed by atoms with Crippen molar-refractivity contribution < 1.29 is 4.74 Å². The van der Waals surface area contributed by atoms with Gasteiger partial charge in [0.05, 0.1) is 21.1 Å². The fourth-order valence-electron chi connectivity index (χ4n) is 2.16. The van der Waals surface area contributed by atoms with Crippen molar-refractivity contribution in [2.45, 2.75) is 0 Å². The summed E-state index contributed by atoms with van der Waals surface area (Å²) in [5.41, 5.74) is 7.44. The molecule has 2 N–H and O–H groups in total. The highest BCUT2D eigenvalue weighted by atomic mass is 32.1. The first-order valence-corrected chi connectivity index (χ1v) is 7.15. The number of thiazole rings is 1. The molecular formula is C15H10N4OS. The molecule has 0 unspecified atom stereocenters. The number of benzene rings is 2. The van der Waals surface area contributed by atoms with Crippen LogP contribution in [0.15, 0.2) is 48.8 Å². The Morgan fingerprint density at radius 2 is 1.90 bits per heavy atom. The van der Waals surface area contributed by atoms with Crippen LogP contribution in [0.1, 0.15) is 0 Å². The van der Waals surface area contributed by atoms with Crippen LogP contribution in [0.25, 0.3) is 21.1 Å². The Bertz CT molecular complexity index is 945. The van der Waals surface area contributed by atoms with Crippen molar-refractivity contribution in [3.63, 3.8) is 0 Å². The highest BCUT2D eigenvalue weighted by Crippen LogP contribution is 2.31. The van der Waals surface area contributed by atoms with E-state index >= 15 is 0 Å². The van der Waals surface area contributed by atoms with Gasteiger partial charge >= 0.3 is 0 Å². The van der Waals surface area contributed by atoms with Gasteiger partial charge in [-0.1, -0.05) is 23.5 Å². The number of nitrogens with two attached hydrogens (primary N) is 1. The maximum absolute atomic E-state index is 5.90. The molecule has 4 aromatic rings. The molecule has 0 bridgehead atoms. The number of hydrogen-bond acceptors (Lipinski definition) is 6. The van der Waals surface area contributed by atoms with Crippen LogP contribution in [-0.2, 0) is 0 Å². The Labute approximate surface area is 124 Å². The smallest absolute Gasteiger partial charge is 0.230 e. The lowest BCUT2D eigenvalue weighted by molar-refractivity contribution is 0.469. The van der Waals surface area contributed by atoms with E-state index in [4.69, 9.17) is 10.5 Å². The van der Waals surface area contributed by atoms with Crippen LogP contribution < -0.4 is 10.5 Å². The number of hydrogen-bond donors (Lipinski definition) is 1. The molecule has 0 radical (unpaired) electrons. The van der Waals surface area contributed by atoms with E-state index in [-0.39, 0.29) is 0 Å². The van der Waals surface area contributed by atoms with Crippen LogP contribution in [0.2, 0.25) is 0 Å². The highest BCUT2D eigenvalue weighted by molar-refractivity contribution is 7.22. The van der Waals surface area contributed by atoms with Gasteiger partial charge in [-0.3, -0.25) is 0 Å². The zero-order valence-corrected chi connectivity index (χ0v) is 11.7. The van der Waals surface area contributed by atoms with Crippen LogP contribution in [0, 0.1) is 0 Å². The van der Waals surface area contributed by atoms with Crippen molar-refractivity contribution in [1.29, 1.82) is 0 Å². The van der Waals surface area contributed by atoms with Gasteiger partial charge in [-0.15, -0.1) is 0 Å². The van der Waals surface area contributed by atoms with Crippen LogP contribution >= 0.6 is 11.3 Å². The van der Waals surface area contributed by atoms with Crippen LogP contribution in [0.3, 0.4) is 0 Å². The third-order valence-electron chi connectivity index (χ3n) is 3.10. The number of nitrogens with zero attached hydrogens (tertiary/aromatic N) is 3. The summed E-state index contributed by atoms with van der Waals surface area (Å²) in [4.78, 5) is 12.7. The maximum Gasteiger partial charge on any atom is 0.230 e. The van der Waals surface area contributed by atoms with Crippen LogP contribution in [0.5, 0.6) is 11.6 Å². The van der Waals surface area contributed by atoms with E-state index in [2.05, 4.69) is 15.0 Å². The lowest BCUT2D eigenvalue weighted by atomic mass is 10.2. The van der Waals surface area contributed by atoms with Gasteiger partial charge in [-0.2, -0.15) is 0 Å². The molecule has 0 spiro atoms. The Hall–Kier alpha value is -2.73. The first kappa shape index (κ1) is 12.0. The fraction of sp³-hybridized carbons (Fsp3) is 0. The van der Waals surface area contributed by atoms with Crippen molar-refractivity contribution in [3.8, 4) is 11.6 Å². The maximum atomic E-state index is 5.90. The lowest BCUT2D eigenvalue weighted by Gasteiger charge is -2.06. The van der Waals surface area contributed by atoms with E-state index in [1.807, 2.05) is 42.5 Å². The lowest BCUT2D eigenvalue weighted by Crippen LogP contribution is -1.90. The third-order valence-corrected chi connectivity index (χ3v) is 3.94. The van der Waals surface area contributed by atoms with Gasteiger partial charge in [-0.25, -0.2) is 15.0 Å². The highest BCUT2D eigenvalue weighted by Gasteiger charge is 2.07. The van der Waals surface area contributed by atoms with Crippen LogP contribution in [0.4, 0.5) is 5.13 Å². The molecule has 0 aliphatic carbocycles. The molecule has 0 aliphatic rings. The summed E-state index contributed by atoms with van der Waals surface area (Å²) in [6, 6.07) is 13.4. The molecule has 5 nitrogen and oxygen atoms in total. The number of ether oxygens (including phenoxy) is 1. The molecular weight excluding hydrogens is 284 g/mol. The number of para-hydroxylation sites is 1. The summed E-state index contributed by atoms with van der Waals surface area (Å²) in [6.07, 6.45) is 1.50. The van der Waals surface area contributed by atoms with Gasteiger partial charge in [0.15, 0.2) is 5.13 Å². The molecule has 2 aromatic heterocycles. The van der Waals surface area contributed by atoms with Crippen molar-refractivity contribution in [1.82, 2.24) is 15.0 Å². The number of fused-ring (bicyclic) bond motifs is 2. The summed E-state index contributed by atoms with van der Waals surface area (Å²) in [5.74, 6) is 1.24. The monoisotopic (exact) mass is 294 g/mol. The van der Waals surface area contributed by atoms with Gasteiger partial charge in [0, 0.05) is 6.07 Å². The van der Waals surface area contributed by atoms with Gasteiger partial charge < -0.3 is 10.5 Å². The minimum absolute atomic E-state index is 0.539. The Morgan fingerprint density at radius 3 is 2.86 bits per heavy atom. The van der Waals surface area contributed by atoms with Crippen molar-refractivity contribution in [2.24, 2.45) is 0 Å². The minimum atomic E-state index is 0.539. The number of nitrogen functional groups attached to an aromatic ring is 1. The zero-order valence-electron chi connectivity index (χ0n) is 10.9. The molecule has 2 aromatic carbocycles. The molecule has 21 heavy (non-hydrogen) atoms. The molecule has 0 fully saturated rings. The summed E-state index contributed by atoms with van der Waals surface area (Å²) in [6.45, 7) is 0. The Kier molecular flexibility index (Phi) is 2.68. The van der Waals surface area contributed by atoms with Gasteiger partial charge in [-0.05, 0) is 24.3 Å². The van der Waals surface area contributed by atoms with E-state index in [9.17, 15) is 0 Å². The standard InChI is InChI=1S/C15H10N4OS/c16-15-19-12-6-5-9(7-13(12)21-15)20-14-10-3-1-2-4-11(10)17-8-18-14/h1-8H,(H2,16,19). The first-order chi connectivity index (χ1) is 10.3. The summed E-state index contributed by atoms with van der Waals surface area (Å²) >= 11 is 1.43. The number of rotatable bonds is 2. The van der Waals surface area contributed by atoms with E-state index in [0.29, 0.717) is 16.8 Å². The SMILES string of the molecule is Nc1nc2ccc(Oc3ncnc4ccccc34)cc2s1. The molecule has 0 amide bonds. The molecule has 0 saturated heterocycles. The average Bonchev–Trinajstić information content (AvgIpc) is 2.87. The summed E-state index contributed by atoms with van der Waals surface area (Å²) in [7, 11) is 0. The molecule has 0 aliphatic heterocycles. The van der Waals surface area contributed by atoms with Crippen molar-refractivity contribution in [3.05, 3.63) is 48.8 Å². The molecule has 0 atom stereocenters. The zero-order chi connectivity index (χ0) is 14.2. The quantitative estimate of drug-likeness (QED) is 0.611. The molecule has 4 rings (SSSR count). The summed E-state index contributed by atoms with van der Waals surface area (Å²) < 4.78 is 6.89. The molecule has 6 heteroatoms.